The van der Waals surface area contributed by atoms with Crippen LogP contribution in [-0.4, -0.2) is 24.7 Å². The van der Waals surface area contributed by atoms with Gasteiger partial charge in [-0.1, -0.05) is 39.0 Å². The monoisotopic (exact) mass is 292 g/mol. The maximum atomic E-state index is 4.13. The van der Waals surface area contributed by atoms with E-state index in [4.69, 9.17) is 0 Å². The average Bonchev–Trinajstić information content (AvgIpc) is 2.73. The number of piperidine rings is 1. The van der Waals surface area contributed by atoms with Crippen LogP contribution < -0.4 is 10.6 Å². The molecule has 0 amide bonds. The van der Waals surface area contributed by atoms with Gasteiger partial charge >= 0.3 is 0 Å². The second-order valence-electron chi connectivity index (χ2n) is 8.09. The van der Waals surface area contributed by atoms with Crippen molar-refractivity contribution in [2.75, 3.05) is 6.54 Å². The second kappa shape index (κ2) is 7.97. The predicted octanol–water partition coefficient (Wildman–Crippen LogP) is 4.25. The molecule has 0 aromatic rings. The van der Waals surface area contributed by atoms with Crippen molar-refractivity contribution in [3.8, 4) is 0 Å². The Labute approximate surface area is 131 Å². The molecule has 3 rings (SSSR count). The summed E-state index contributed by atoms with van der Waals surface area (Å²) in [5, 5.41) is 7.96. The highest BCUT2D eigenvalue weighted by Crippen LogP contribution is 2.32. The van der Waals surface area contributed by atoms with E-state index in [1.165, 1.54) is 83.6 Å². The molecule has 1 aliphatic heterocycles. The second-order valence-corrected chi connectivity index (χ2v) is 8.09. The quantitative estimate of drug-likeness (QED) is 0.760. The van der Waals surface area contributed by atoms with Crippen molar-refractivity contribution >= 4 is 0 Å². The highest BCUT2D eigenvalue weighted by Gasteiger charge is 2.33. The lowest BCUT2D eigenvalue weighted by Crippen LogP contribution is -2.52. The van der Waals surface area contributed by atoms with E-state index in [-0.39, 0.29) is 0 Å². The molecule has 2 heteroatoms. The van der Waals surface area contributed by atoms with E-state index in [2.05, 4.69) is 17.6 Å². The van der Waals surface area contributed by atoms with Crippen LogP contribution in [0.1, 0.15) is 84.0 Å². The van der Waals surface area contributed by atoms with E-state index >= 15 is 0 Å². The molecule has 2 N–H and O–H groups in total. The van der Waals surface area contributed by atoms with Gasteiger partial charge in [-0.3, -0.25) is 0 Å². The Morgan fingerprint density at radius 3 is 2.48 bits per heavy atom. The molecule has 21 heavy (non-hydrogen) atoms. The Morgan fingerprint density at radius 1 is 0.762 bits per heavy atom. The summed E-state index contributed by atoms with van der Waals surface area (Å²) in [4.78, 5) is 0. The molecule has 0 aromatic carbocycles. The molecular formula is C19H36N2. The van der Waals surface area contributed by atoms with Gasteiger partial charge in [-0.25, -0.2) is 0 Å². The number of hydrogen-bond acceptors (Lipinski definition) is 2. The highest BCUT2D eigenvalue weighted by molar-refractivity contribution is 4.92. The Bertz CT molecular complexity index is 298. The normalized spacial score (nSPS) is 42.4. The van der Waals surface area contributed by atoms with E-state index in [1.807, 2.05) is 0 Å². The SMILES string of the molecule is CC1CCCC(NC2CCCCC2C2CCCCN2)CC1. The maximum absolute atomic E-state index is 4.13. The summed E-state index contributed by atoms with van der Waals surface area (Å²) in [6, 6.07) is 2.41. The van der Waals surface area contributed by atoms with Crippen molar-refractivity contribution in [3.05, 3.63) is 0 Å². The molecule has 5 atom stereocenters. The van der Waals surface area contributed by atoms with Gasteiger partial charge in [0.25, 0.3) is 0 Å². The van der Waals surface area contributed by atoms with Gasteiger partial charge in [0.1, 0.15) is 0 Å². The van der Waals surface area contributed by atoms with E-state index in [0.29, 0.717) is 0 Å². The average molecular weight is 293 g/mol. The maximum Gasteiger partial charge on any atom is 0.0113 e. The van der Waals surface area contributed by atoms with Gasteiger partial charge in [-0.05, 0) is 63.3 Å². The summed E-state index contributed by atoms with van der Waals surface area (Å²) in [6.07, 6.45) is 17.2. The molecule has 0 spiro atoms. The smallest absolute Gasteiger partial charge is 0.0113 e. The molecule has 2 nitrogen and oxygen atoms in total. The lowest BCUT2D eigenvalue weighted by molar-refractivity contribution is 0.168. The van der Waals surface area contributed by atoms with Crippen LogP contribution in [0, 0.1) is 11.8 Å². The summed E-state index contributed by atoms with van der Waals surface area (Å²) in [5.74, 6) is 1.86. The van der Waals surface area contributed by atoms with Gasteiger partial charge in [0.15, 0.2) is 0 Å². The third-order valence-electron chi connectivity index (χ3n) is 6.39. The molecule has 2 aliphatic carbocycles. The summed E-state index contributed by atoms with van der Waals surface area (Å²) in [5.41, 5.74) is 0. The van der Waals surface area contributed by atoms with Gasteiger partial charge in [-0.15, -0.1) is 0 Å². The van der Waals surface area contributed by atoms with E-state index in [9.17, 15) is 0 Å². The first-order chi connectivity index (χ1) is 10.3. The number of hydrogen-bond donors (Lipinski definition) is 2. The molecular weight excluding hydrogens is 256 g/mol. The third kappa shape index (κ3) is 4.45. The van der Waals surface area contributed by atoms with Gasteiger partial charge in [0.2, 0.25) is 0 Å². The lowest BCUT2D eigenvalue weighted by atomic mass is 9.77. The van der Waals surface area contributed by atoms with Crippen molar-refractivity contribution in [2.45, 2.75) is 102 Å². The van der Waals surface area contributed by atoms with Gasteiger partial charge in [0, 0.05) is 18.1 Å². The molecule has 5 unspecified atom stereocenters. The predicted molar refractivity (Wildman–Crippen MR) is 90.6 cm³/mol. The summed E-state index contributed by atoms with van der Waals surface area (Å²) < 4.78 is 0. The van der Waals surface area contributed by atoms with E-state index < -0.39 is 0 Å². The molecule has 1 saturated heterocycles. The Balaban J connectivity index is 1.55. The first kappa shape index (κ1) is 15.8. The summed E-state index contributed by atoms with van der Waals surface area (Å²) in [6.45, 7) is 3.70. The van der Waals surface area contributed by atoms with Crippen LogP contribution in [0.3, 0.4) is 0 Å². The van der Waals surface area contributed by atoms with Crippen LogP contribution >= 0.6 is 0 Å². The van der Waals surface area contributed by atoms with Crippen molar-refractivity contribution in [2.24, 2.45) is 11.8 Å². The fraction of sp³-hybridized carbons (Fsp3) is 1.00. The molecule has 122 valence electrons. The Morgan fingerprint density at radius 2 is 1.62 bits per heavy atom. The number of nitrogens with one attached hydrogen (secondary N) is 2. The summed E-state index contributed by atoms with van der Waals surface area (Å²) >= 11 is 0. The summed E-state index contributed by atoms with van der Waals surface area (Å²) in [7, 11) is 0. The van der Waals surface area contributed by atoms with E-state index in [0.717, 1.165) is 30.0 Å². The Hall–Kier alpha value is -0.0800. The van der Waals surface area contributed by atoms with Crippen molar-refractivity contribution in [3.63, 3.8) is 0 Å². The minimum Gasteiger partial charge on any atom is -0.314 e. The van der Waals surface area contributed by atoms with Crippen molar-refractivity contribution in [1.29, 1.82) is 0 Å². The lowest BCUT2D eigenvalue weighted by Gasteiger charge is -2.41. The minimum absolute atomic E-state index is 0.799. The molecule has 0 radical (unpaired) electrons. The van der Waals surface area contributed by atoms with Crippen molar-refractivity contribution < 1.29 is 0 Å². The van der Waals surface area contributed by atoms with Crippen LogP contribution in [0.4, 0.5) is 0 Å². The third-order valence-corrected chi connectivity index (χ3v) is 6.39. The van der Waals surface area contributed by atoms with E-state index in [1.54, 1.807) is 0 Å². The molecule has 3 fully saturated rings. The zero-order valence-electron chi connectivity index (χ0n) is 14.1. The Kier molecular flexibility index (Phi) is 5.99. The zero-order chi connectivity index (χ0) is 14.5. The molecule has 0 aromatic heterocycles. The fourth-order valence-corrected chi connectivity index (χ4v) is 5.05. The molecule has 0 bridgehead atoms. The first-order valence-corrected chi connectivity index (χ1v) is 9.82. The highest BCUT2D eigenvalue weighted by atomic mass is 15.0. The molecule has 2 saturated carbocycles. The van der Waals surface area contributed by atoms with Gasteiger partial charge in [0.05, 0.1) is 0 Å². The van der Waals surface area contributed by atoms with Crippen molar-refractivity contribution in [1.82, 2.24) is 10.6 Å². The van der Waals surface area contributed by atoms with Crippen LogP contribution in [0.15, 0.2) is 0 Å². The topological polar surface area (TPSA) is 24.1 Å². The fourth-order valence-electron chi connectivity index (χ4n) is 5.05. The molecule has 1 heterocycles. The van der Waals surface area contributed by atoms with Crippen LogP contribution in [0.25, 0.3) is 0 Å². The first-order valence-electron chi connectivity index (χ1n) is 9.82. The largest absolute Gasteiger partial charge is 0.314 e. The van der Waals surface area contributed by atoms with Crippen LogP contribution in [-0.2, 0) is 0 Å². The minimum atomic E-state index is 0.799. The number of rotatable bonds is 3. The van der Waals surface area contributed by atoms with Gasteiger partial charge in [-0.2, -0.15) is 0 Å². The van der Waals surface area contributed by atoms with Gasteiger partial charge < -0.3 is 10.6 Å². The molecule has 3 aliphatic rings. The van der Waals surface area contributed by atoms with Crippen LogP contribution in [0.2, 0.25) is 0 Å². The van der Waals surface area contributed by atoms with Crippen LogP contribution in [0.5, 0.6) is 0 Å². The zero-order valence-corrected chi connectivity index (χ0v) is 14.1. The standard InChI is InChI=1S/C19H36N2/c1-15-7-6-8-16(13-12-15)21-19-11-3-2-9-17(19)18-10-4-5-14-20-18/h15-21H,2-14H2,1H3.